The molecule has 0 bridgehead atoms. The molecule has 0 heterocycles. The molecular formula is C32H31Cl2N3O4. The quantitative estimate of drug-likeness (QED) is 0.160. The first-order chi connectivity index (χ1) is 19.8. The van der Waals surface area contributed by atoms with Gasteiger partial charge in [0.25, 0.3) is 5.91 Å². The third-order valence-electron chi connectivity index (χ3n) is 6.24. The number of anilines is 1. The zero-order valence-electron chi connectivity index (χ0n) is 22.7. The fraction of sp³-hybridized carbons (Fsp3) is 0.188. The average Bonchev–Trinajstić information content (AvgIpc) is 2.98. The van der Waals surface area contributed by atoms with Crippen molar-refractivity contribution in [1.29, 1.82) is 0 Å². The van der Waals surface area contributed by atoms with Crippen molar-refractivity contribution in [3.05, 3.63) is 118 Å². The highest BCUT2D eigenvalue weighted by Gasteiger charge is 2.22. The van der Waals surface area contributed by atoms with Gasteiger partial charge in [-0.1, -0.05) is 53.0 Å². The molecule has 4 aromatic rings. The van der Waals surface area contributed by atoms with Gasteiger partial charge in [-0.15, -0.1) is 0 Å². The Morgan fingerprint density at radius 2 is 1.51 bits per heavy atom. The monoisotopic (exact) mass is 591 g/mol. The van der Waals surface area contributed by atoms with Gasteiger partial charge in [-0.2, -0.15) is 0 Å². The van der Waals surface area contributed by atoms with Crippen molar-refractivity contribution in [1.82, 2.24) is 10.6 Å². The van der Waals surface area contributed by atoms with Crippen LogP contribution in [0.25, 0.3) is 0 Å². The van der Waals surface area contributed by atoms with E-state index in [4.69, 9.17) is 32.7 Å². The maximum Gasteiger partial charge on any atom is 0.251 e. The number of amides is 2. The van der Waals surface area contributed by atoms with E-state index in [-0.39, 0.29) is 11.8 Å². The number of aryl methyl sites for hydroxylation is 1. The van der Waals surface area contributed by atoms with E-state index in [1.54, 1.807) is 49.6 Å². The molecule has 41 heavy (non-hydrogen) atoms. The van der Waals surface area contributed by atoms with Crippen LogP contribution in [0.3, 0.4) is 0 Å². The number of benzene rings is 4. The number of methoxy groups -OCH3 is 1. The minimum Gasteiger partial charge on any atom is -0.497 e. The average molecular weight is 593 g/mol. The Balaban J connectivity index is 1.39. The summed E-state index contributed by atoms with van der Waals surface area (Å²) in [6, 6.07) is 26.3. The summed E-state index contributed by atoms with van der Waals surface area (Å²) in [6.07, 6.45) is 0.294. The molecule has 2 amide bonds. The summed E-state index contributed by atoms with van der Waals surface area (Å²) in [7, 11) is 1.62. The highest BCUT2D eigenvalue weighted by Crippen LogP contribution is 2.29. The predicted octanol–water partition coefficient (Wildman–Crippen LogP) is 6.67. The number of hydrogen-bond donors (Lipinski definition) is 3. The van der Waals surface area contributed by atoms with Crippen molar-refractivity contribution in [2.45, 2.75) is 19.4 Å². The van der Waals surface area contributed by atoms with Crippen molar-refractivity contribution < 1.29 is 19.1 Å². The molecule has 0 fully saturated rings. The van der Waals surface area contributed by atoms with Gasteiger partial charge in [0, 0.05) is 36.8 Å². The van der Waals surface area contributed by atoms with E-state index in [2.05, 4.69) is 16.0 Å². The number of halogens is 2. The lowest BCUT2D eigenvalue weighted by Gasteiger charge is -2.19. The largest absolute Gasteiger partial charge is 0.497 e. The lowest BCUT2D eigenvalue weighted by molar-refractivity contribution is -0.122. The van der Waals surface area contributed by atoms with Crippen LogP contribution < -0.4 is 25.4 Å². The Kier molecular flexibility index (Phi) is 10.5. The van der Waals surface area contributed by atoms with Gasteiger partial charge in [-0.05, 0) is 73.2 Å². The molecule has 212 valence electrons. The van der Waals surface area contributed by atoms with Gasteiger partial charge >= 0.3 is 0 Å². The molecule has 4 aromatic carbocycles. The zero-order valence-corrected chi connectivity index (χ0v) is 24.3. The molecule has 0 aromatic heterocycles. The van der Waals surface area contributed by atoms with E-state index < -0.39 is 6.04 Å². The maximum absolute atomic E-state index is 13.2. The summed E-state index contributed by atoms with van der Waals surface area (Å²) in [5.74, 6) is 1.33. The van der Waals surface area contributed by atoms with Crippen LogP contribution in [0.15, 0.2) is 91.0 Å². The van der Waals surface area contributed by atoms with E-state index in [9.17, 15) is 9.59 Å². The van der Waals surface area contributed by atoms with E-state index in [0.717, 1.165) is 22.6 Å². The molecule has 0 aliphatic rings. The summed E-state index contributed by atoms with van der Waals surface area (Å²) in [6.45, 7) is 2.80. The number of carbonyl (C=O) groups excluding carboxylic acids is 2. The highest BCUT2D eigenvalue weighted by atomic mass is 35.5. The topological polar surface area (TPSA) is 88.7 Å². The second-order valence-corrected chi connectivity index (χ2v) is 10.2. The molecule has 0 radical (unpaired) electrons. The molecule has 4 rings (SSSR count). The molecular weight excluding hydrogens is 561 g/mol. The van der Waals surface area contributed by atoms with Crippen molar-refractivity contribution in [3.8, 4) is 17.2 Å². The first-order valence-corrected chi connectivity index (χ1v) is 13.8. The van der Waals surface area contributed by atoms with Gasteiger partial charge in [0.2, 0.25) is 5.91 Å². The molecule has 0 saturated carbocycles. The summed E-state index contributed by atoms with van der Waals surface area (Å²) in [5.41, 5.74) is 3.22. The molecule has 9 heteroatoms. The Morgan fingerprint density at radius 3 is 2.20 bits per heavy atom. The standard InChI is InChI=1S/C32H31Cl2N3O4/c1-21-4-3-5-23(18-21)31(38)37-30(32(39)36-17-16-35-24-8-12-25(40-2)13-9-24)19-22-6-10-26(11-7-22)41-27-14-15-28(33)29(34)20-27/h3-15,18,20,30,35H,16-17,19H2,1-2H3,(H,36,39)(H,37,38)/t30-/m0/s1. The van der Waals surface area contributed by atoms with Gasteiger partial charge in [0.1, 0.15) is 23.3 Å². The number of ether oxygens (including phenoxy) is 2. The Morgan fingerprint density at radius 1 is 0.805 bits per heavy atom. The number of carbonyl (C=O) groups is 2. The van der Waals surface area contributed by atoms with Gasteiger partial charge in [-0.25, -0.2) is 0 Å². The molecule has 0 aliphatic carbocycles. The van der Waals surface area contributed by atoms with Crippen molar-refractivity contribution in [2.24, 2.45) is 0 Å². The summed E-state index contributed by atoms with van der Waals surface area (Å²) in [5, 5.41) is 9.94. The molecule has 3 N–H and O–H groups in total. The van der Waals surface area contributed by atoms with Gasteiger partial charge < -0.3 is 25.4 Å². The van der Waals surface area contributed by atoms with Crippen LogP contribution in [0.5, 0.6) is 17.2 Å². The SMILES string of the molecule is COc1ccc(NCCNC(=O)[C@H](Cc2ccc(Oc3ccc(Cl)c(Cl)c3)cc2)NC(=O)c2cccc(C)c2)cc1. The van der Waals surface area contributed by atoms with E-state index in [0.29, 0.717) is 46.6 Å². The minimum absolute atomic E-state index is 0.279. The van der Waals surface area contributed by atoms with Crippen molar-refractivity contribution >= 4 is 40.7 Å². The molecule has 0 spiro atoms. The lowest BCUT2D eigenvalue weighted by Crippen LogP contribution is -2.48. The van der Waals surface area contributed by atoms with Crippen LogP contribution in [-0.2, 0) is 11.2 Å². The number of hydrogen-bond acceptors (Lipinski definition) is 5. The van der Waals surface area contributed by atoms with Crippen LogP contribution >= 0.6 is 23.2 Å². The van der Waals surface area contributed by atoms with Gasteiger partial charge in [0.15, 0.2) is 0 Å². The lowest BCUT2D eigenvalue weighted by atomic mass is 10.0. The third kappa shape index (κ3) is 8.90. The fourth-order valence-corrected chi connectivity index (χ4v) is 4.36. The first-order valence-electron chi connectivity index (χ1n) is 13.1. The smallest absolute Gasteiger partial charge is 0.251 e. The van der Waals surface area contributed by atoms with Crippen molar-refractivity contribution in [3.63, 3.8) is 0 Å². The Hall–Kier alpha value is -4.20. The van der Waals surface area contributed by atoms with Crippen LogP contribution in [0.4, 0.5) is 5.69 Å². The van der Waals surface area contributed by atoms with Gasteiger partial charge in [0.05, 0.1) is 17.2 Å². The summed E-state index contributed by atoms with van der Waals surface area (Å²) < 4.78 is 11.0. The zero-order chi connectivity index (χ0) is 29.2. The maximum atomic E-state index is 13.2. The highest BCUT2D eigenvalue weighted by molar-refractivity contribution is 6.42. The third-order valence-corrected chi connectivity index (χ3v) is 6.97. The fourth-order valence-electron chi connectivity index (χ4n) is 4.07. The van der Waals surface area contributed by atoms with Crippen LogP contribution in [0.1, 0.15) is 21.5 Å². The summed E-state index contributed by atoms with van der Waals surface area (Å²) >= 11 is 12.1. The predicted molar refractivity (Wildman–Crippen MR) is 164 cm³/mol. The van der Waals surface area contributed by atoms with Gasteiger partial charge in [-0.3, -0.25) is 9.59 Å². The molecule has 0 aliphatic heterocycles. The Labute approximate surface area is 249 Å². The van der Waals surface area contributed by atoms with E-state index in [1.165, 1.54) is 0 Å². The second kappa shape index (κ2) is 14.4. The second-order valence-electron chi connectivity index (χ2n) is 9.37. The normalized spacial score (nSPS) is 11.3. The van der Waals surface area contributed by atoms with Crippen LogP contribution in [0.2, 0.25) is 10.0 Å². The van der Waals surface area contributed by atoms with E-state index in [1.807, 2.05) is 55.5 Å². The first kappa shape index (κ1) is 29.8. The number of rotatable bonds is 12. The van der Waals surface area contributed by atoms with Crippen LogP contribution in [-0.4, -0.2) is 38.1 Å². The van der Waals surface area contributed by atoms with E-state index >= 15 is 0 Å². The summed E-state index contributed by atoms with van der Waals surface area (Å²) in [4.78, 5) is 26.2. The molecule has 1 atom stereocenters. The van der Waals surface area contributed by atoms with Crippen LogP contribution in [0, 0.1) is 6.92 Å². The Bertz CT molecular complexity index is 1480. The van der Waals surface area contributed by atoms with Crippen molar-refractivity contribution in [2.75, 3.05) is 25.5 Å². The molecule has 0 unspecified atom stereocenters. The molecule has 7 nitrogen and oxygen atoms in total. The molecule has 0 saturated heterocycles. The number of nitrogens with one attached hydrogen (secondary N) is 3. The minimum atomic E-state index is -0.786.